The van der Waals surface area contributed by atoms with E-state index < -0.39 is 0 Å². The van der Waals surface area contributed by atoms with Crippen molar-refractivity contribution < 1.29 is 4.74 Å². The van der Waals surface area contributed by atoms with Crippen LogP contribution in [0.4, 0.5) is 0 Å². The van der Waals surface area contributed by atoms with Crippen molar-refractivity contribution in [2.24, 2.45) is 7.05 Å². The van der Waals surface area contributed by atoms with Gasteiger partial charge in [0.1, 0.15) is 11.9 Å². The van der Waals surface area contributed by atoms with Crippen molar-refractivity contribution in [1.82, 2.24) is 14.0 Å². The van der Waals surface area contributed by atoms with E-state index in [4.69, 9.17) is 10.1 Å². The summed E-state index contributed by atoms with van der Waals surface area (Å²) in [6.45, 7) is 2.10. The predicted octanol–water partition coefficient (Wildman–Crippen LogP) is 1.96. The van der Waals surface area contributed by atoms with E-state index in [9.17, 15) is 4.79 Å². The third kappa shape index (κ3) is 3.03. The number of benzene rings is 1. The number of nitrogens with zero attached hydrogens (tertiary/aromatic N) is 3. The number of fused-ring (bicyclic) bond motifs is 1. The fraction of sp³-hybridized carbons (Fsp3) is 0.500. The largest absolute Gasteiger partial charge is 0.490 e. The maximum Gasteiger partial charge on any atom is 0.335 e. The lowest BCUT2D eigenvalue weighted by molar-refractivity contribution is 0.114. The first kappa shape index (κ1) is 16.1. The summed E-state index contributed by atoms with van der Waals surface area (Å²) in [7, 11) is 3.86. The normalized spacial score (nSPS) is 16.8. The standard InChI is InChI=1S/C16H22N4O2S/c1-18-8-6-11(7-9-18)22-12-4-5-13-14(10-12)19(2)16(21)20(13)15(17)23-3/h4-5,10-11,17H,6-9H2,1-3H3. The molecule has 1 aliphatic heterocycles. The molecule has 1 aliphatic rings. The average molecular weight is 334 g/mol. The summed E-state index contributed by atoms with van der Waals surface area (Å²) in [5.41, 5.74) is 1.34. The summed E-state index contributed by atoms with van der Waals surface area (Å²) >= 11 is 1.25. The molecule has 0 aliphatic carbocycles. The minimum atomic E-state index is -0.198. The molecule has 0 unspecified atom stereocenters. The Morgan fingerprint density at radius 2 is 1.96 bits per heavy atom. The Bertz CT molecular complexity index is 787. The topological polar surface area (TPSA) is 63.3 Å². The molecule has 7 heteroatoms. The van der Waals surface area contributed by atoms with Crippen LogP contribution in [0.25, 0.3) is 11.0 Å². The number of aromatic nitrogens is 2. The molecule has 1 fully saturated rings. The van der Waals surface area contributed by atoms with Gasteiger partial charge in [-0.15, -0.1) is 0 Å². The van der Waals surface area contributed by atoms with Crippen LogP contribution in [0.1, 0.15) is 12.8 Å². The average Bonchev–Trinajstić information content (AvgIpc) is 2.80. The summed E-state index contributed by atoms with van der Waals surface area (Å²) in [5.74, 6) is 0.787. The van der Waals surface area contributed by atoms with E-state index in [1.165, 1.54) is 16.3 Å². The fourth-order valence-electron chi connectivity index (χ4n) is 2.97. The van der Waals surface area contributed by atoms with Crippen LogP contribution in [0.2, 0.25) is 0 Å². The van der Waals surface area contributed by atoms with Gasteiger partial charge < -0.3 is 9.64 Å². The summed E-state index contributed by atoms with van der Waals surface area (Å²) < 4.78 is 9.09. The van der Waals surface area contributed by atoms with Gasteiger partial charge in [-0.05, 0) is 38.3 Å². The van der Waals surface area contributed by atoms with Crippen molar-refractivity contribution in [2.75, 3.05) is 26.4 Å². The molecule has 1 aromatic carbocycles. The lowest BCUT2D eigenvalue weighted by atomic mass is 10.1. The first-order valence-electron chi connectivity index (χ1n) is 7.71. The molecule has 2 heterocycles. The molecular weight excluding hydrogens is 312 g/mol. The molecule has 0 saturated carbocycles. The highest BCUT2D eigenvalue weighted by molar-refractivity contribution is 8.13. The number of piperidine rings is 1. The van der Waals surface area contributed by atoms with E-state index in [2.05, 4.69) is 11.9 Å². The zero-order chi connectivity index (χ0) is 16.6. The SMILES string of the molecule is CSC(=N)n1c(=O)n(C)c2cc(OC3CCN(C)CC3)ccc21. The summed E-state index contributed by atoms with van der Waals surface area (Å²) in [6.07, 6.45) is 4.06. The Morgan fingerprint density at radius 3 is 2.61 bits per heavy atom. The van der Waals surface area contributed by atoms with Crippen molar-refractivity contribution in [3.05, 3.63) is 28.7 Å². The number of rotatable bonds is 2. The van der Waals surface area contributed by atoms with Crippen LogP contribution in [0.5, 0.6) is 5.75 Å². The quantitative estimate of drug-likeness (QED) is 0.674. The van der Waals surface area contributed by atoms with Crippen LogP contribution in [0, 0.1) is 5.41 Å². The third-order valence-electron chi connectivity index (χ3n) is 4.39. The number of hydrogen-bond acceptors (Lipinski definition) is 5. The molecule has 0 atom stereocenters. The van der Waals surface area contributed by atoms with Crippen molar-refractivity contribution in [3.63, 3.8) is 0 Å². The smallest absolute Gasteiger partial charge is 0.335 e. The van der Waals surface area contributed by atoms with Crippen LogP contribution in [0.3, 0.4) is 0 Å². The molecule has 0 radical (unpaired) electrons. The molecule has 124 valence electrons. The van der Waals surface area contributed by atoms with Crippen molar-refractivity contribution in [1.29, 1.82) is 5.41 Å². The van der Waals surface area contributed by atoms with E-state index in [1.807, 2.05) is 18.2 Å². The lowest BCUT2D eigenvalue weighted by Crippen LogP contribution is -2.35. The number of aryl methyl sites for hydroxylation is 1. The number of ether oxygens (including phenoxy) is 1. The van der Waals surface area contributed by atoms with Crippen LogP contribution in [-0.4, -0.2) is 51.7 Å². The third-order valence-corrected chi connectivity index (χ3v) is 4.96. The van der Waals surface area contributed by atoms with Crippen molar-refractivity contribution >= 4 is 28.0 Å². The highest BCUT2D eigenvalue weighted by Gasteiger charge is 2.19. The second kappa shape index (κ2) is 6.41. The monoisotopic (exact) mass is 334 g/mol. The van der Waals surface area contributed by atoms with Crippen LogP contribution >= 0.6 is 11.8 Å². The predicted molar refractivity (Wildman–Crippen MR) is 95.0 cm³/mol. The number of hydrogen-bond donors (Lipinski definition) is 1. The number of likely N-dealkylation sites (tertiary alicyclic amines) is 1. The van der Waals surface area contributed by atoms with Gasteiger partial charge in [0.15, 0.2) is 5.17 Å². The molecule has 3 rings (SSSR count). The Hall–Kier alpha value is -1.73. The summed E-state index contributed by atoms with van der Waals surface area (Å²) in [6, 6.07) is 5.66. The summed E-state index contributed by atoms with van der Waals surface area (Å²) in [4.78, 5) is 14.7. The van der Waals surface area contributed by atoms with Crippen LogP contribution in [0.15, 0.2) is 23.0 Å². The maximum atomic E-state index is 12.4. The Morgan fingerprint density at radius 1 is 1.26 bits per heavy atom. The second-order valence-corrected chi connectivity index (χ2v) is 6.75. The zero-order valence-electron chi connectivity index (χ0n) is 13.7. The number of nitrogens with one attached hydrogen (secondary N) is 1. The highest BCUT2D eigenvalue weighted by Crippen LogP contribution is 2.24. The Balaban J connectivity index is 1.92. The van der Waals surface area contributed by atoms with E-state index >= 15 is 0 Å². The van der Waals surface area contributed by atoms with Crippen LogP contribution in [-0.2, 0) is 7.05 Å². The molecule has 0 spiro atoms. The molecule has 1 N–H and O–H groups in total. The van der Waals surface area contributed by atoms with Crippen molar-refractivity contribution in [2.45, 2.75) is 18.9 Å². The van der Waals surface area contributed by atoms with Crippen LogP contribution < -0.4 is 10.4 Å². The van der Waals surface area contributed by atoms with Crippen molar-refractivity contribution in [3.8, 4) is 5.75 Å². The van der Waals surface area contributed by atoms with Gasteiger partial charge in [0.25, 0.3) is 0 Å². The van der Waals surface area contributed by atoms with E-state index in [0.29, 0.717) is 0 Å². The van der Waals surface area contributed by atoms with Gasteiger partial charge >= 0.3 is 5.69 Å². The summed E-state index contributed by atoms with van der Waals surface area (Å²) in [5, 5.41) is 8.20. The Labute approximate surface area is 139 Å². The van der Waals surface area contributed by atoms with E-state index in [0.717, 1.165) is 42.7 Å². The van der Waals surface area contributed by atoms with Gasteiger partial charge in [-0.2, -0.15) is 0 Å². The molecule has 6 nitrogen and oxygen atoms in total. The molecule has 0 bridgehead atoms. The molecule has 23 heavy (non-hydrogen) atoms. The van der Waals surface area contributed by atoms with Gasteiger partial charge in [-0.3, -0.25) is 9.98 Å². The zero-order valence-corrected chi connectivity index (χ0v) is 14.5. The maximum absolute atomic E-state index is 12.4. The first-order valence-corrected chi connectivity index (χ1v) is 8.93. The van der Waals surface area contributed by atoms with Gasteiger partial charge in [0, 0.05) is 26.2 Å². The van der Waals surface area contributed by atoms with Gasteiger partial charge in [-0.1, -0.05) is 11.8 Å². The lowest BCUT2D eigenvalue weighted by Gasteiger charge is -2.29. The Kier molecular flexibility index (Phi) is 4.50. The van der Waals surface area contributed by atoms with Gasteiger partial charge in [0.2, 0.25) is 0 Å². The minimum absolute atomic E-state index is 0.198. The van der Waals surface area contributed by atoms with Gasteiger partial charge in [-0.25, -0.2) is 9.36 Å². The molecule has 2 aromatic rings. The molecule has 1 saturated heterocycles. The minimum Gasteiger partial charge on any atom is -0.490 e. The fourth-order valence-corrected chi connectivity index (χ4v) is 3.33. The highest BCUT2D eigenvalue weighted by atomic mass is 32.2. The van der Waals surface area contributed by atoms with Gasteiger partial charge in [0.05, 0.1) is 11.0 Å². The molecule has 1 aromatic heterocycles. The number of imidazole rings is 1. The van der Waals surface area contributed by atoms with E-state index in [1.54, 1.807) is 17.9 Å². The van der Waals surface area contributed by atoms with E-state index in [-0.39, 0.29) is 17.0 Å². The number of thioether (sulfide) groups is 1. The first-order chi connectivity index (χ1) is 11.0. The molecular formula is C16H22N4O2S. The second-order valence-electron chi connectivity index (χ2n) is 5.96. The molecule has 0 amide bonds.